The minimum absolute atomic E-state index is 0.0382. The number of aliphatic hydroxyl groups excluding tert-OH is 1. The van der Waals surface area contributed by atoms with Crippen LogP contribution in [-0.4, -0.2) is 33.6 Å². The SMILES string of the molecule is CCOc1ccc(C2C(C(=O)/C=C/c3ccccc3)=C(O)C(=O)N2c2nnc(SCc3ccc(Cl)cc3Cl)s2)cc1. The van der Waals surface area contributed by atoms with Crippen LogP contribution in [-0.2, 0) is 15.3 Å². The molecule has 2 heterocycles. The van der Waals surface area contributed by atoms with Crippen molar-refractivity contribution in [2.75, 3.05) is 11.5 Å². The van der Waals surface area contributed by atoms with Crippen LogP contribution in [0.3, 0.4) is 0 Å². The number of ketones is 1. The summed E-state index contributed by atoms with van der Waals surface area (Å²) in [6.07, 6.45) is 3.00. The van der Waals surface area contributed by atoms with Gasteiger partial charge in [0, 0.05) is 15.8 Å². The summed E-state index contributed by atoms with van der Waals surface area (Å²) in [7, 11) is 0. The van der Waals surface area contributed by atoms with Crippen LogP contribution in [0.2, 0.25) is 10.0 Å². The lowest BCUT2D eigenvalue weighted by Gasteiger charge is -2.24. The number of rotatable bonds is 10. The number of amides is 1. The summed E-state index contributed by atoms with van der Waals surface area (Å²) in [5, 5.41) is 20.8. The Morgan fingerprint density at radius 2 is 1.85 bits per heavy atom. The van der Waals surface area contributed by atoms with Crippen LogP contribution in [0.4, 0.5) is 5.13 Å². The molecule has 1 N–H and O–H groups in total. The van der Waals surface area contributed by atoms with E-state index >= 15 is 0 Å². The number of benzene rings is 3. The van der Waals surface area contributed by atoms with Crippen molar-refractivity contribution in [3.05, 3.63) is 117 Å². The van der Waals surface area contributed by atoms with Gasteiger partial charge in [-0.15, -0.1) is 10.2 Å². The van der Waals surface area contributed by atoms with Crippen LogP contribution in [0.25, 0.3) is 6.08 Å². The van der Waals surface area contributed by atoms with Gasteiger partial charge in [-0.2, -0.15) is 0 Å². The van der Waals surface area contributed by atoms with E-state index in [9.17, 15) is 14.7 Å². The maximum absolute atomic E-state index is 13.5. The third-order valence-corrected chi connectivity index (χ3v) is 8.87. The number of nitrogens with zero attached hydrogens (tertiary/aromatic N) is 3. The highest BCUT2D eigenvalue weighted by molar-refractivity contribution is 8.00. The van der Waals surface area contributed by atoms with E-state index in [0.717, 1.165) is 11.1 Å². The normalized spacial score (nSPS) is 15.2. The number of carbonyl (C=O) groups excluding carboxylic acids is 2. The third-order valence-electron chi connectivity index (χ3n) is 6.18. The summed E-state index contributed by atoms with van der Waals surface area (Å²) in [6, 6.07) is 20.7. The highest BCUT2D eigenvalue weighted by atomic mass is 35.5. The minimum atomic E-state index is -0.914. The van der Waals surface area contributed by atoms with Crippen molar-refractivity contribution in [3.63, 3.8) is 0 Å². The number of carbonyl (C=O) groups is 2. The molecule has 1 amide bonds. The first-order valence-electron chi connectivity index (χ1n) is 12.5. The number of hydrogen-bond donors (Lipinski definition) is 1. The number of hydrogen-bond acceptors (Lipinski definition) is 8. The van der Waals surface area contributed by atoms with E-state index < -0.39 is 23.5 Å². The molecule has 0 bridgehead atoms. The van der Waals surface area contributed by atoms with E-state index in [-0.39, 0.29) is 10.7 Å². The average molecular weight is 625 g/mol. The van der Waals surface area contributed by atoms with Crippen molar-refractivity contribution in [2.24, 2.45) is 0 Å². The Morgan fingerprint density at radius 3 is 2.56 bits per heavy atom. The van der Waals surface area contributed by atoms with Crippen molar-refractivity contribution in [1.82, 2.24) is 10.2 Å². The van der Waals surface area contributed by atoms with Gasteiger partial charge in [0.05, 0.1) is 18.2 Å². The van der Waals surface area contributed by atoms with Gasteiger partial charge in [0.25, 0.3) is 5.91 Å². The second-order valence-corrected chi connectivity index (χ2v) is 11.8. The fourth-order valence-electron chi connectivity index (χ4n) is 4.24. The number of anilines is 1. The number of aliphatic hydroxyl groups is 1. The van der Waals surface area contributed by atoms with Crippen LogP contribution in [0.5, 0.6) is 5.75 Å². The molecule has 208 valence electrons. The van der Waals surface area contributed by atoms with Gasteiger partial charge in [0.2, 0.25) is 5.13 Å². The van der Waals surface area contributed by atoms with E-state index in [2.05, 4.69) is 10.2 Å². The first kappa shape index (κ1) is 28.9. The summed E-state index contributed by atoms with van der Waals surface area (Å²) in [5.74, 6) is -0.679. The van der Waals surface area contributed by atoms with Gasteiger partial charge in [-0.1, -0.05) is 101 Å². The molecule has 0 saturated heterocycles. The molecule has 0 saturated carbocycles. The molecule has 0 fully saturated rings. The molecule has 0 radical (unpaired) electrons. The lowest BCUT2D eigenvalue weighted by atomic mass is 9.95. The quantitative estimate of drug-likeness (QED) is 0.110. The standard InChI is InChI=1S/C30H23Cl2N3O4S2/c1-2-39-22-13-10-19(11-14-22)26-25(24(36)15-8-18-6-4-3-5-7-18)27(37)28(38)35(26)29-33-34-30(41-29)40-17-20-9-12-21(31)16-23(20)32/h3-16,26,37H,2,17H2,1H3/b15-8+. The van der Waals surface area contributed by atoms with E-state index in [4.69, 9.17) is 27.9 Å². The monoisotopic (exact) mass is 623 g/mol. The van der Waals surface area contributed by atoms with Gasteiger partial charge in [0.1, 0.15) is 5.75 Å². The zero-order chi connectivity index (χ0) is 28.9. The minimum Gasteiger partial charge on any atom is -0.503 e. The summed E-state index contributed by atoms with van der Waals surface area (Å²) in [4.78, 5) is 28.2. The lowest BCUT2D eigenvalue weighted by Crippen LogP contribution is -2.30. The van der Waals surface area contributed by atoms with Crippen LogP contribution in [0.15, 0.2) is 94.5 Å². The van der Waals surface area contributed by atoms with E-state index in [1.54, 1.807) is 42.5 Å². The van der Waals surface area contributed by atoms with Crippen molar-refractivity contribution >= 4 is 69.2 Å². The average Bonchev–Trinajstić information content (AvgIpc) is 3.54. The zero-order valence-electron chi connectivity index (χ0n) is 21.7. The molecule has 5 rings (SSSR count). The van der Waals surface area contributed by atoms with Crippen molar-refractivity contribution in [3.8, 4) is 5.75 Å². The first-order valence-corrected chi connectivity index (χ1v) is 15.1. The number of aromatic nitrogens is 2. The number of allylic oxidation sites excluding steroid dienone is 1. The molecule has 4 aromatic rings. The molecule has 1 aliphatic heterocycles. The largest absolute Gasteiger partial charge is 0.503 e. The van der Waals surface area contributed by atoms with E-state index in [1.165, 1.54) is 34.1 Å². The van der Waals surface area contributed by atoms with Gasteiger partial charge in [0.15, 0.2) is 15.9 Å². The Bertz CT molecular complexity index is 1640. The highest BCUT2D eigenvalue weighted by Gasteiger charge is 2.45. The second-order valence-electron chi connectivity index (χ2n) is 8.83. The van der Waals surface area contributed by atoms with E-state index in [0.29, 0.717) is 38.1 Å². The molecular weight excluding hydrogens is 601 g/mol. The lowest BCUT2D eigenvalue weighted by molar-refractivity contribution is -0.117. The van der Waals surface area contributed by atoms with Gasteiger partial charge in [-0.05, 0) is 54.0 Å². The zero-order valence-corrected chi connectivity index (χ0v) is 24.8. The smallest absolute Gasteiger partial charge is 0.296 e. The number of thioether (sulfide) groups is 1. The van der Waals surface area contributed by atoms with Crippen molar-refractivity contribution < 1.29 is 19.4 Å². The van der Waals surface area contributed by atoms with Crippen molar-refractivity contribution in [2.45, 2.75) is 23.1 Å². The molecular formula is C30H23Cl2N3O4S2. The summed E-state index contributed by atoms with van der Waals surface area (Å²) < 4.78 is 6.15. The Kier molecular flexibility index (Phi) is 9.09. The van der Waals surface area contributed by atoms with E-state index in [1.807, 2.05) is 43.3 Å². The maximum Gasteiger partial charge on any atom is 0.296 e. The molecule has 1 aromatic heterocycles. The van der Waals surface area contributed by atoms with Crippen LogP contribution in [0, 0.1) is 0 Å². The molecule has 0 aliphatic carbocycles. The molecule has 0 spiro atoms. The predicted octanol–water partition coefficient (Wildman–Crippen LogP) is 7.72. The second kappa shape index (κ2) is 12.9. The molecule has 1 aliphatic rings. The predicted molar refractivity (Wildman–Crippen MR) is 164 cm³/mol. The molecule has 41 heavy (non-hydrogen) atoms. The Labute approximate surface area is 255 Å². The van der Waals surface area contributed by atoms with Gasteiger partial charge < -0.3 is 9.84 Å². The summed E-state index contributed by atoms with van der Waals surface area (Å²) >= 11 is 14.9. The third kappa shape index (κ3) is 6.49. The molecule has 1 unspecified atom stereocenters. The van der Waals surface area contributed by atoms with Crippen LogP contribution < -0.4 is 9.64 Å². The maximum atomic E-state index is 13.5. The van der Waals surface area contributed by atoms with Gasteiger partial charge in [-0.25, -0.2) is 0 Å². The topological polar surface area (TPSA) is 92.6 Å². The summed E-state index contributed by atoms with van der Waals surface area (Å²) in [5.41, 5.74) is 2.26. The highest BCUT2D eigenvalue weighted by Crippen LogP contribution is 2.43. The van der Waals surface area contributed by atoms with Crippen LogP contribution in [0.1, 0.15) is 29.7 Å². The van der Waals surface area contributed by atoms with Gasteiger partial charge in [-0.3, -0.25) is 14.5 Å². The van der Waals surface area contributed by atoms with Crippen LogP contribution >= 0.6 is 46.3 Å². The first-order chi connectivity index (χ1) is 19.9. The summed E-state index contributed by atoms with van der Waals surface area (Å²) in [6.45, 7) is 2.38. The fraction of sp³-hybridized carbons (Fsp3) is 0.133. The molecule has 3 aromatic carbocycles. The molecule has 11 heteroatoms. The Morgan fingerprint density at radius 1 is 1.10 bits per heavy atom. The molecule has 1 atom stereocenters. The molecule has 7 nitrogen and oxygen atoms in total. The Balaban J connectivity index is 1.46. The van der Waals surface area contributed by atoms with Crippen molar-refractivity contribution in [1.29, 1.82) is 0 Å². The van der Waals surface area contributed by atoms with Gasteiger partial charge >= 0.3 is 0 Å². The number of halogens is 2. The Hall–Kier alpha value is -3.63. The fourth-order valence-corrected chi connectivity index (χ4v) is 6.67. The number of ether oxygens (including phenoxy) is 1.